The monoisotopic (exact) mass is 175 g/mol. The molecule has 11 heavy (non-hydrogen) atoms. The molecule has 0 aliphatic carbocycles. The Morgan fingerprint density at radius 3 is 2.91 bits per heavy atom. The van der Waals surface area contributed by atoms with Crippen molar-refractivity contribution in [3.05, 3.63) is 0 Å². The molecule has 0 aromatic heterocycles. The summed E-state index contributed by atoms with van der Waals surface area (Å²) >= 11 is 1.85. The zero-order valence-corrected chi connectivity index (χ0v) is 8.08. The fourth-order valence-electron chi connectivity index (χ4n) is 1.41. The number of rotatable bonds is 3. The SMILES string of the molecule is CCNC(C)C1(O)CCSC1. The lowest BCUT2D eigenvalue weighted by Gasteiger charge is -2.29. The Morgan fingerprint density at radius 1 is 1.73 bits per heavy atom. The van der Waals surface area contributed by atoms with Crippen LogP contribution in [0.4, 0.5) is 0 Å². The van der Waals surface area contributed by atoms with E-state index in [4.69, 9.17) is 0 Å². The largest absolute Gasteiger partial charge is 0.387 e. The smallest absolute Gasteiger partial charge is 0.0894 e. The Kier molecular flexibility index (Phi) is 3.22. The van der Waals surface area contributed by atoms with Crippen molar-refractivity contribution >= 4 is 11.8 Å². The van der Waals surface area contributed by atoms with Gasteiger partial charge in [0, 0.05) is 11.8 Å². The van der Waals surface area contributed by atoms with Crippen LogP contribution < -0.4 is 5.32 Å². The lowest BCUT2D eigenvalue weighted by molar-refractivity contribution is 0.0338. The third kappa shape index (κ3) is 2.10. The zero-order valence-electron chi connectivity index (χ0n) is 7.26. The van der Waals surface area contributed by atoms with Crippen LogP contribution in [0, 0.1) is 0 Å². The third-order valence-electron chi connectivity index (χ3n) is 2.35. The zero-order chi connectivity index (χ0) is 8.32. The maximum atomic E-state index is 10.0. The van der Waals surface area contributed by atoms with E-state index in [1.807, 2.05) is 11.8 Å². The third-order valence-corrected chi connectivity index (χ3v) is 3.54. The van der Waals surface area contributed by atoms with E-state index in [-0.39, 0.29) is 6.04 Å². The first-order chi connectivity index (χ1) is 5.19. The molecule has 1 aliphatic rings. The number of hydrogen-bond acceptors (Lipinski definition) is 3. The number of likely N-dealkylation sites (N-methyl/N-ethyl adjacent to an activating group) is 1. The van der Waals surface area contributed by atoms with Crippen molar-refractivity contribution in [1.82, 2.24) is 5.32 Å². The average Bonchev–Trinajstić information content (AvgIpc) is 2.38. The first-order valence-corrected chi connectivity index (χ1v) is 5.38. The Bertz CT molecular complexity index is 123. The van der Waals surface area contributed by atoms with Crippen LogP contribution in [0.5, 0.6) is 0 Å². The van der Waals surface area contributed by atoms with Gasteiger partial charge in [-0.3, -0.25) is 0 Å². The highest BCUT2D eigenvalue weighted by atomic mass is 32.2. The molecule has 0 aromatic rings. The van der Waals surface area contributed by atoms with Crippen LogP contribution in [0.15, 0.2) is 0 Å². The van der Waals surface area contributed by atoms with Crippen LogP contribution in [0.25, 0.3) is 0 Å². The molecule has 1 heterocycles. The quantitative estimate of drug-likeness (QED) is 0.667. The average molecular weight is 175 g/mol. The van der Waals surface area contributed by atoms with E-state index < -0.39 is 5.60 Å². The Balaban J connectivity index is 2.42. The second-order valence-corrected chi connectivity index (χ2v) is 4.29. The summed E-state index contributed by atoms with van der Waals surface area (Å²) in [5.41, 5.74) is -0.444. The van der Waals surface area contributed by atoms with E-state index in [1.54, 1.807) is 0 Å². The Hall–Kier alpha value is 0.270. The molecule has 0 radical (unpaired) electrons. The predicted octanol–water partition coefficient (Wildman–Crippen LogP) is 0.852. The molecular weight excluding hydrogens is 158 g/mol. The van der Waals surface area contributed by atoms with Gasteiger partial charge in [0.25, 0.3) is 0 Å². The van der Waals surface area contributed by atoms with Crippen molar-refractivity contribution in [1.29, 1.82) is 0 Å². The summed E-state index contributed by atoms with van der Waals surface area (Å²) in [7, 11) is 0. The van der Waals surface area contributed by atoms with E-state index in [0.717, 1.165) is 24.5 Å². The summed E-state index contributed by atoms with van der Waals surface area (Å²) in [4.78, 5) is 0. The lowest BCUT2D eigenvalue weighted by atomic mass is 9.95. The van der Waals surface area contributed by atoms with Crippen molar-refractivity contribution in [2.24, 2.45) is 0 Å². The van der Waals surface area contributed by atoms with E-state index in [2.05, 4.69) is 19.2 Å². The van der Waals surface area contributed by atoms with Gasteiger partial charge >= 0.3 is 0 Å². The molecule has 1 rings (SSSR count). The fourth-order valence-corrected chi connectivity index (χ4v) is 2.80. The number of nitrogens with one attached hydrogen (secondary N) is 1. The van der Waals surface area contributed by atoms with Gasteiger partial charge in [-0.05, 0) is 25.6 Å². The van der Waals surface area contributed by atoms with Gasteiger partial charge in [0.1, 0.15) is 0 Å². The van der Waals surface area contributed by atoms with E-state index in [9.17, 15) is 5.11 Å². The molecule has 0 saturated carbocycles. The van der Waals surface area contributed by atoms with Crippen molar-refractivity contribution in [2.45, 2.75) is 31.9 Å². The predicted molar refractivity (Wildman–Crippen MR) is 50.0 cm³/mol. The van der Waals surface area contributed by atoms with Gasteiger partial charge in [-0.2, -0.15) is 11.8 Å². The molecule has 2 atom stereocenters. The normalized spacial score (nSPS) is 34.1. The van der Waals surface area contributed by atoms with E-state index in [1.165, 1.54) is 0 Å². The van der Waals surface area contributed by atoms with Crippen LogP contribution in [0.2, 0.25) is 0 Å². The van der Waals surface area contributed by atoms with Gasteiger partial charge in [0.15, 0.2) is 0 Å². The van der Waals surface area contributed by atoms with Crippen LogP contribution >= 0.6 is 11.8 Å². The summed E-state index contributed by atoms with van der Waals surface area (Å²) in [6, 6.07) is 0.238. The summed E-state index contributed by atoms with van der Waals surface area (Å²) in [6.07, 6.45) is 0.936. The minimum Gasteiger partial charge on any atom is -0.387 e. The minimum atomic E-state index is -0.444. The summed E-state index contributed by atoms with van der Waals surface area (Å²) < 4.78 is 0. The molecule has 66 valence electrons. The highest BCUT2D eigenvalue weighted by Gasteiger charge is 2.36. The highest BCUT2D eigenvalue weighted by molar-refractivity contribution is 7.99. The maximum absolute atomic E-state index is 10.0. The lowest BCUT2D eigenvalue weighted by Crippen LogP contribution is -2.49. The first kappa shape index (κ1) is 9.36. The molecular formula is C8H17NOS. The van der Waals surface area contributed by atoms with Gasteiger partial charge in [0.2, 0.25) is 0 Å². The maximum Gasteiger partial charge on any atom is 0.0894 e. The van der Waals surface area contributed by atoms with Crippen molar-refractivity contribution < 1.29 is 5.11 Å². The molecule has 0 bridgehead atoms. The van der Waals surface area contributed by atoms with Crippen molar-refractivity contribution in [3.63, 3.8) is 0 Å². The number of thioether (sulfide) groups is 1. The van der Waals surface area contributed by atoms with Crippen molar-refractivity contribution in [3.8, 4) is 0 Å². The second kappa shape index (κ2) is 3.78. The van der Waals surface area contributed by atoms with Gasteiger partial charge in [-0.1, -0.05) is 6.92 Å². The Labute approximate surface area is 72.8 Å². The van der Waals surface area contributed by atoms with Crippen LogP contribution in [-0.2, 0) is 0 Å². The molecule has 2 N–H and O–H groups in total. The first-order valence-electron chi connectivity index (χ1n) is 4.22. The summed E-state index contributed by atoms with van der Waals surface area (Å²) in [6.45, 7) is 5.07. The van der Waals surface area contributed by atoms with E-state index >= 15 is 0 Å². The van der Waals surface area contributed by atoms with Crippen LogP contribution in [0.1, 0.15) is 20.3 Å². The van der Waals surface area contributed by atoms with Crippen LogP contribution in [-0.4, -0.2) is 34.8 Å². The molecule has 0 spiro atoms. The summed E-state index contributed by atoms with van der Waals surface area (Å²) in [5.74, 6) is 1.99. The topological polar surface area (TPSA) is 32.3 Å². The second-order valence-electron chi connectivity index (χ2n) is 3.19. The number of aliphatic hydroxyl groups is 1. The van der Waals surface area contributed by atoms with Gasteiger partial charge in [0.05, 0.1) is 5.60 Å². The molecule has 1 fully saturated rings. The van der Waals surface area contributed by atoms with E-state index in [0.29, 0.717) is 0 Å². The van der Waals surface area contributed by atoms with Gasteiger partial charge in [-0.15, -0.1) is 0 Å². The molecule has 3 heteroatoms. The molecule has 1 saturated heterocycles. The van der Waals surface area contributed by atoms with Gasteiger partial charge < -0.3 is 10.4 Å². The molecule has 0 amide bonds. The molecule has 2 unspecified atom stereocenters. The van der Waals surface area contributed by atoms with Gasteiger partial charge in [-0.25, -0.2) is 0 Å². The molecule has 2 nitrogen and oxygen atoms in total. The Morgan fingerprint density at radius 2 is 2.45 bits per heavy atom. The van der Waals surface area contributed by atoms with Crippen molar-refractivity contribution in [2.75, 3.05) is 18.1 Å². The fraction of sp³-hybridized carbons (Fsp3) is 1.00. The number of hydrogen-bond donors (Lipinski definition) is 2. The van der Waals surface area contributed by atoms with Crippen LogP contribution in [0.3, 0.4) is 0 Å². The standard InChI is InChI=1S/C8H17NOS/c1-3-9-7(2)8(10)4-5-11-6-8/h7,9-10H,3-6H2,1-2H3. The highest BCUT2D eigenvalue weighted by Crippen LogP contribution is 2.30. The molecule has 1 aliphatic heterocycles. The minimum absolute atomic E-state index is 0.238. The summed E-state index contributed by atoms with van der Waals surface area (Å²) in [5, 5.41) is 13.3. The molecule has 0 aromatic carbocycles.